The molecule has 4 heteroatoms. The zero-order valence-electron chi connectivity index (χ0n) is 11.6. The smallest absolute Gasteiger partial charge is 0.254 e. The van der Waals surface area contributed by atoms with E-state index in [1.165, 1.54) is 0 Å². The predicted molar refractivity (Wildman–Crippen MR) is 75.2 cm³/mol. The molecule has 2 unspecified atom stereocenters. The fraction of sp³-hybridized carbons (Fsp3) is 0.533. The van der Waals surface area contributed by atoms with Crippen molar-refractivity contribution in [2.45, 2.75) is 45.2 Å². The predicted octanol–water partition coefficient (Wildman–Crippen LogP) is 2.04. The first kappa shape index (κ1) is 13.9. The summed E-state index contributed by atoms with van der Waals surface area (Å²) in [6.07, 6.45) is 3.09. The van der Waals surface area contributed by atoms with Gasteiger partial charge in [-0.2, -0.15) is 0 Å². The summed E-state index contributed by atoms with van der Waals surface area (Å²) in [5.74, 6) is 0.137. The molecule has 1 aliphatic rings. The van der Waals surface area contributed by atoms with Crippen LogP contribution in [-0.2, 0) is 0 Å². The molecule has 0 aliphatic carbocycles. The van der Waals surface area contributed by atoms with Crippen LogP contribution < -0.4 is 5.73 Å². The lowest BCUT2D eigenvalue weighted by Gasteiger charge is -2.40. The largest absolute Gasteiger partial charge is 0.508 e. The van der Waals surface area contributed by atoms with E-state index in [0.717, 1.165) is 24.8 Å². The summed E-state index contributed by atoms with van der Waals surface area (Å²) in [5, 5.41) is 9.74. The maximum atomic E-state index is 12.6. The highest BCUT2D eigenvalue weighted by Crippen LogP contribution is 2.26. The Bertz CT molecular complexity index is 473. The summed E-state index contributed by atoms with van der Waals surface area (Å²) in [6.45, 7) is 4.37. The van der Waals surface area contributed by atoms with Crippen molar-refractivity contribution in [3.8, 4) is 5.75 Å². The van der Waals surface area contributed by atoms with Crippen molar-refractivity contribution >= 4 is 5.91 Å². The quantitative estimate of drug-likeness (QED) is 0.857. The van der Waals surface area contributed by atoms with Crippen molar-refractivity contribution in [1.82, 2.24) is 4.90 Å². The summed E-state index contributed by atoms with van der Waals surface area (Å²) < 4.78 is 0. The van der Waals surface area contributed by atoms with Crippen molar-refractivity contribution in [3.63, 3.8) is 0 Å². The molecule has 0 aromatic heterocycles. The zero-order chi connectivity index (χ0) is 14.0. The normalized spacial score (nSPS) is 23.4. The Morgan fingerprint density at radius 1 is 1.47 bits per heavy atom. The van der Waals surface area contributed by atoms with Crippen LogP contribution in [0, 0.1) is 6.92 Å². The second-order valence-electron chi connectivity index (χ2n) is 5.38. The standard InChI is InChI=1S/C15H22N2O2/c1-10-6-7-12(8-14(10)18)15(19)17-11(2)4-3-5-13(17)9-16/h6-8,11,13,18H,3-5,9,16H2,1-2H3. The molecule has 0 bridgehead atoms. The topological polar surface area (TPSA) is 66.6 Å². The number of phenols is 1. The van der Waals surface area contributed by atoms with Crippen LogP contribution >= 0.6 is 0 Å². The van der Waals surface area contributed by atoms with Crippen LogP contribution in [0.15, 0.2) is 18.2 Å². The van der Waals surface area contributed by atoms with Gasteiger partial charge in [0.15, 0.2) is 0 Å². The number of hydrogen-bond acceptors (Lipinski definition) is 3. The molecule has 1 aromatic rings. The van der Waals surface area contributed by atoms with Crippen LogP contribution in [0.1, 0.15) is 42.1 Å². The Balaban J connectivity index is 2.27. The number of benzene rings is 1. The SMILES string of the molecule is Cc1ccc(C(=O)N2C(C)CCCC2CN)cc1O. The van der Waals surface area contributed by atoms with Crippen molar-refractivity contribution < 1.29 is 9.90 Å². The average Bonchev–Trinajstić information content (AvgIpc) is 2.40. The van der Waals surface area contributed by atoms with Gasteiger partial charge < -0.3 is 15.7 Å². The molecule has 0 saturated carbocycles. The van der Waals surface area contributed by atoms with Crippen LogP contribution in [-0.4, -0.2) is 34.5 Å². The van der Waals surface area contributed by atoms with E-state index in [9.17, 15) is 9.90 Å². The zero-order valence-corrected chi connectivity index (χ0v) is 11.6. The number of carbonyl (C=O) groups excluding carboxylic acids is 1. The lowest BCUT2D eigenvalue weighted by molar-refractivity contribution is 0.0493. The molecular weight excluding hydrogens is 240 g/mol. The van der Waals surface area contributed by atoms with Crippen LogP contribution in [0.2, 0.25) is 0 Å². The fourth-order valence-corrected chi connectivity index (χ4v) is 2.78. The van der Waals surface area contributed by atoms with Gasteiger partial charge in [0.1, 0.15) is 5.75 Å². The Morgan fingerprint density at radius 2 is 2.21 bits per heavy atom. The average molecular weight is 262 g/mol. The molecule has 4 nitrogen and oxygen atoms in total. The van der Waals surface area contributed by atoms with E-state index in [1.807, 2.05) is 11.8 Å². The summed E-state index contributed by atoms with van der Waals surface area (Å²) in [5.41, 5.74) is 7.10. The number of rotatable bonds is 2. The molecule has 3 N–H and O–H groups in total. The number of hydrogen-bond donors (Lipinski definition) is 2. The highest BCUT2D eigenvalue weighted by molar-refractivity contribution is 5.95. The minimum absolute atomic E-state index is 0.0297. The van der Waals surface area contributed by atoms with E-state index in [2.05, 4.69) is 6.92 Å². The third-order valence-electron chi connectivity index (χ3n) is 3.99. The molecule has 1 aliphatic heterocycles. The van der Waals surface area contributed by atoms with Gasteiger partial charge in [0.2, 0.25) is 0 Å². The van der Waals surface area contributed by atoms with Crippen molar-refractivity contribution in [2.75, 3.05) is 6.54 Å². The van der Waals surface area contributed by atoms with Gasteiger partial charge in [0.25, 0.3) is 5.91 Å². The highest BCUT2D eigenvalue weighted by Gasteiger charge is 2.31. The van der Waals surface area contributed by atoms with E-state index >= 15 is 0 Å². The number of amides is 1. The number of carbonyl (C=O) groups is 1. The van der Waals surface area contributed by atoms with Crippen molar-refractivity contribution in [2.24, 2.45) is 5.73 Å². The van der Waals surface area contributed by atoms with Gasteiger partial charge in [-0.05, 0) is 50.8 Å². The summed E-state index contributed by atoms with van der Waals surface area (Å²) in [4.78, 5) is 14.5. The Labute approximate surface area is 114 Å². The maximum absolute atomic E-state index is 12.6. The third-order valence-corrected chi connectivity index (χ3v) is 3.99. The first-order valence-electron chi connectivity index (χ1n) is 6.87. The molecule has 0 radical (unpaired) electrons. The third kappa shape index (κ3) is 2.73. The Hall–Kier alpha value is -1.55. The molecule has 1 saturated heterocycles. The van der Waals surface area contributed by atoms with E-state index in [1.54, 1.807) is 18.2 Å². The molecule has 2 rings (SSSR count). The monoisotopic (exact) mass is 262 g/mol. The van der Waals surface area contributed by atoms with E-state index in [0.29, 0.717) is 12.1 Å². The number of nitrogens with two attached hydrogens (primary N) is 1. The summed E-state index contributed by atoms with van der Waals surface area (Å²) >= 11 is 0. The molecule has 1 fully saturated rings. The number of aromatic hydroxyl groups is 1. The number of piperidine rings is 1. The van der Waals surface area contributed by atoms with Gasteiger partial charge in [-0.15, -0.1) is 0 Å². The molecule has 1 aromatic carbocycles. The van der Waals surface area contributed by atoms with Gasteiger partial charge in [-0.3, -0.25) is 4.79 Å². The lowest BCUT2D eigenvalue weighted by atomic mass is 9.95. The molecule has 0 spiro atoms. The molecular formula is C15H22N2O2. The van der Waals surface area contributed by atoms with Crippen LogP contribution in [0.3, 0.4) is 0 Å². The number of nitrogens with zero attached hydrogens (tertiary/aromatic N) is 1. The van der Waals surface area contributed by atoms with Crippen molar-refractivity contribution in [1.29, 1.82) is 0 Å². The van der Waals surface area contributed by atoms with E-state index < -0.39 is 0 Å². The number of aryl methyl sites for hydroxylation is 1. The van der Waals surface area contributed by atoms with Crippen LogP contribution in [0.25, 0.3) is 0 Å². The minimum atomic E-state index is -0.0297. The summed E-state index contributed by atoms with van der Waals surface area (Å²) in [6, 6.07) is 5.41. The lowest BCUT2D eigenvalue weighted by Crippen LogP contribution is -2.51. The van der Waals surface area contributed by atoms with Crippen LogP contribution in [0.5, 0.6) is 5.75 Å². The molecule has 19 heavy (non-hydrogen) atoms. The minimum Gasteiger partial charge on any atom is -0.508 e. The van der Waals surface area contributed by atoms with E-state index in [-0.39, 0.29) is 23.7 Å². The molecule has 1 heterocycles. The first-order chi connectivity index (χ1) is 9.04. The second kappa shape index (κ2) is 5.61. The molecule has 1 amide bonds. The van der Waals surface area contributed by atoms with Gasteiger partial charge in [0.05, 0.1) is 0 Å². The summed E-state index contributed by atoms with van der Waals surface area (Å²) in [7, 11) is 0. The Kier molecular flexibility index (Phi) is 4.10. The molecule has 104 valence electrons. The van der Waals surface area contributed by atoms with E-state index in [4.69, 9.17) is 5.73 Å². The fourth-order valence-electron chi connectivity index (χ4n) is 2.78. The van der Waals surface area contributed by atoms with Gasteiger partial charge in [-0.25, -0.2) is 0 Å². The maximum Gasteiger partial charge on any atom is 0.254 e. The van der Waals surface area contributed by atoms with Gasteiger partial charge in [-0.1, -0.05) is 6.07 Å². The van der Waals surface area contributed by atoms with Gasteiger partial charge in [0, 0.05) is 24.2 Å². The highest BCUT2D eigenvalue weighted by atomic mass is 16.3. The Morgan fingerprint density at radius 3 is 2.84 bits per heavy atom. The van der Waals surface area contributed by atoms with Crippen molar-refractivity contribution in [3.05, 3.63) is 29.3 Å². The second-order valence-corrected chi connectivity index (χ2v) is 5.38. The molecule has 2 atom stereocenters. The number of phenolic OH excluding ortho intramolecular Hbond substituents is 1. The van der Waals surface area contributed by atoms with Crippen LogP contribution in [0.4, 0.5) is 0 Å². The first-order valence-corrected chi connectivity index (χ1v) is 6.87. The number of likely N-dealkylation sites (tertiary alicyclic amines) is 1. The van der Waals surface area contributed by atoms with Gasteiger partial charge >= 0.3 is 0 Å².